The van der Waals surface area contributed by atoms with Gasteiger partial charge >= 0.3 is 0 Å². The summed E-state index contributed by atoms with van der Waals surface area (Å²) in [6, 6.07) is 17.4. The molecule has 1 atom stereocenters. The Morgan fingerprint density at radius 3 is 2.33 bits per heavy atom. The molecule has 0 aliphatic carbocycles. The smallest absolute Gasteiger partial charge is 0.242 e. The predicted molar refractivity (Wildman–Crippen MR) is 115 cm³/mol. The monoisotopic (exact) mass is 448 g/mol. The van der Waals surface area contributed by atoms with E-state index < -0.39 is 6.04 Å². The maximum atomic E-state index is 12.9. The van der Waals surface area contributed by atoms with E-state index in [1.54, 1.807) is 23.7 Å². The molecule has 0 aromatic heterocycles. The molecule has 4 nitrogen and oxygen atoms in total. The Hall–Kier alpha value is -1.79. The average Bonchev–Trinajstić information content (AvgIpc) is 2.69. The van der Waals surface area contributed by atoms with E-state index in [0.29, 0.717) is 18.7 Å². The Labute approximate surface area is 173 Å². The van der Waals surface area contributed by atoms with Gasteiger partial charge in [0.05, 0.1) is 5.75 Å². The van der Waals surface area contributed by atoms with E-state index in [-0.39, 0.29) is 11.8 Å². The molecule has 0 spiro atoms. The lowest BCUT2D eigenvalue weighted by molar-refractivity contribution is -0.139. The van der Waals surface area contributed by atoms with Gasteiger partial charge in [0.25, 0.3) is 0 Å². The number of carbonyl (C=O) groups excluding carboxylic acids is 2. The molecule has 1 N–H and O–H groups in total. The van der Waals surface area contributed by atoms with E-state index in [1.807, 2.05) is 61.5 Å². The van der Waals surface area contributed by atoms with Crippen LogP contribution < -0.4 is 5.32 Å². The Morgan fingerprint density at radius 2 is 1.74 bits per heavy atom. The molecular formula is C21H25BrN2O2S. The zero-order chi connectivity index (χ0) is 19.6. The van der Waals surface area contributed by atoms with Crippen molar-refractivity contribution in [3.05, 3.63) is 70.2 Å². The van der Waals surface area contributed by atoms with Crippen LogP contribution in [-0.4, -0.2) is 35.6 Å². The number of nitrogens with zero attached hydrogens (tertiary/aromatic N) is 1. The quantitative estimate of drug-likeness (QED) is 0.623. The van der Waals surface area contributed by atoms with Crippen molar-refractivity contribution >= 4 is 39.5 Å². The second-order valence-electron chi connectivity index (χ2n) is 6.16. The number of rotatable bonds is 9. The number of carbonyl (C=O) groups is 2. The van der Waals surface area contributed by atoms with Gasteiger partial charge in [-0.2, -0.15) is 0 Å². The lowest BCUT2D eigenvalue weighted by Crippen LogP contribution is -2.48. The normalized spacial score (nSPS) is 11.7. The van der Waals surface area contributed by atoms with Gasteiger partial charge in [0, 0.05) is 23.8 Å². The van der Waals surface area contributed by atoms with Crippen LogP contribution in [0.3, 0.4) is 0 Å². The number of benzene rings is 2. The molecule has 2 aromatic rings. The summed E-state index contributed by atoms with van der Waals surface area (Å²) in [7, 11) is 1.61. The lowest BCUT2D eigenvalue weighted by atomic mass is 10.1. The number of halogens is 1. The van der Waals surface area contributed by atoms with Crippen LogP contribution in [0.1, 0.15) is 24.5 Å². The first kappa shape index (κ1) is 21.5. The van der Waals surface area contributed by atoms with Crippen LogP contribution in [0.15, 0.2) is 59.1 Å². The third kappa shape index (κ3) is 6.70. The molecule has 2 aromatic carbocycles. The minimum Gasteiger partial charge on any atom is -0.357 e. The van der Waals surface area contributed by atoms with Gasteiger partial charge in [-0.3, -0.25) is 9.59 Å². The molecule has 0 fully saturated rings. The van der Waals surface area contributed by atoms with Crippen LogP contribution in [0.25, 0.3) is 0 Å². The largest absolute Gasteiger partial charge is 0.357 e. The second kappa shape index (κ2) is 11.1. The molecule has 0 saturated heterocycles. The highest BCUT2D eigenvalue weighted by atomic mass is 79.9. The van der Waals surface area contributed by atoms with E-state index in [9.17, 15) is 9.59 Å². The summed E-state index contributed by atoms with van der Waals surface area (Å²) in [5.74, 6) is 0.960. The number of amides is 2. The molecule has 0 radical (unpaired) electrons. The summed E-state index contributed by atoms with van der Waals surface area (Å²) in [4.78, 5) is 26.9. The number of thioether (sulfide) groups is 1. The minimum absolute atomic E-state index is 0.0172. The summed E-state index contributed by atoms with van der Waals surface area (Å²) >= 11 is 4.99. The van der Waals surface area contributed by atoms with Gasteiger partial charge in [0.1, 0.15) is 6.04 Å². The van der Waals surface area contributed by atoms with Crippen molar-refractivity contribution in [3.8, 4) is 0 Å². The highest BCUT2D eigenvalue weighted by Gasteiger charge is 2.27. The van der Waals surface area contributed by atoms with Gasteiger partial charge < -0.3 is 10.2 Å². The second-order valence-corrected chi connectivity index (χ2v) is 8.07. The van der Waals surface area contributed by atoms with E-state index in [4.69, 9.17) is 0 Å². The van der Waals surface area contributed by atoms with Crippen molar-refractivity contribution in [3.63, 3.8) is 0 Å². The standard InChI is InChI=1S/C21H25BrN2O2S/c1-3-19(21(26)23-2)24(13-16-7-5-4-6-8-16)20(25)15-27-14-17-9-11-18(22)12-10-17/h4-12,19H,3,13-15H2,1-2H3,(H,23,26). The van der Waals surface area contributed by atoms with Crippen LogP contribution in [0, 0.1) is 0 Å². The molecule has 0 aliphatic heterocycles. The number of nitrogens with one attached hydrogen (secondary N) is 1. The zero-order valence-electron chi connectivity index (χ0n) is 15.7. The lowest BCUT2D eigenvalue weighted by Gasteiger charge is -2.30. The Kier molecular flexibility index (Phi) is 8.88. The van der Waals surface area contributed by atoms with Crippen molar-refractivity contribution in [2.45, 2.75) is 31.7 Å². The van der Waals surface area contributed by atoms with Gasteiger partial charge in [-0.15, -0.1) is 11.8 Å². The van der Waals surface area contributed by atoms with Gasteiger partial charge in [-0.1, -0.05) is 65.3 Å². The summed E-state index contributed by atoms with van der Waals surface area (Å²) in [5.41, 5.74) is 2.19. The van der Waals surface area contributed by atoms with Gasteiger partial charge in [-0.05, 0) is 29.7 Å². The molecule has 0 heterocycles. The molecule has 0 aliphatic rings. The minimum atomic E-state index is -0.462. The summed E-state index contributed by atoms with van der Waals surface area (Å²) < 4.78 is 1.04. The third-order valence-corrected chi connectivity index (χ3v) is 5.75. The molecule has 144 valence electrons. The van der Waals surface area contributed by atoms with E-state index in [0.717, 1.165) is 15.8 Å². The van der Waals surface area contributed by atoms with Crippen molar-refractivity contribution < 1.29 is 9.59 Å². The fraction of sp³-hybridized carbons (Fsp3) is 0.333. The van der Waals surface area contributed by atoms with Crippen LogP contribution in [-0.2, 0) is 21.9 Å². The van der Waals surface area contributed by atoms with Crippen LogP contribution in [0.5, 0.6) is 0 Å². The first-order valence-electron chi connectivity index (χ1n) is 8.92. The number of hydrogen-bond acceptors (Lipinski definition) is 3. The van der Waals surface area contributed by atoms with E-state index in [2.05, 4.69) is 21.2 Å². The SMILES string of the molecule is CCC(C(=O)NC)N(Cc1ccccc1)C(=O)CSCc1ccc(Br)cc1. The van der Waals surface area contributed by atoms with Crippen molar-refractivity contribution in [2.24, 2.45) is 0 Å². The highest BCUT2D eigenvalue weighted by molar-refractivity contribution is 9.10. The molecule has 0 saturated carbocycles. The fourth-order valence-corrected chi connectivity index (χ4v) is 3.92. The molecule has 27 heavy (non-hydrogen) atoms. The Bertz CT molecular complexity index is 738. The van der Waals surface area contributed by atoms with Crippen molar-refractivity contribution in [1.82, 2.24) is 10.2 Å². The summed E-state index contributed by atoms with van der Waals surface area (Å²) in [6.07, 6.45) is 0.579. The molecule has 2 amide bonds. The maximum Gasteiger partial charge on any atom is 0.242 e. The van der Waals surface area contributed by atoms with Gasteiger partial charge in [0.2, 0.25) is 11.8 Å². The number of likely N-dealkylation sites (N-methyl/N-ethyl adjacent to an activating group) is 1. The van der Waals surface area contributed by atoms with E-state index >= 15 is 0 Å². The van der Waals surface area contributed by atoms with Crippen LogP contribution >= 0.6 is 27.7 Å². The average molecular weight is 449 g/mol. The van der Waals surface area contributed by atoms with Crippen molar-refractivity contribution in [1.29, 1.82) is 0 Å². The van der Waals surface area contributed by atoms with Crippen LogP contribution in [0.2, 0.25) is 0 Å². The van der Waals surface area contributed by atoms with Gasteiger partial charge in [0.15, 0.2) is 0 Å². The molecule has 1 unspecified atom stereocenters. The zero-order valence-corrected chi connectivity index (χ0v) is 18.1. The Balaban J connectivity index is 2.05. The maximum absolute atomic E-state index is 12.9. The first-order chi connectivity index (χ1) is 13.0. The summed E-state index contributed by atoms with van der Waals surface area (Å²) in [6.45, 7) is 2.37. The molecule has 6 heteroatoms. The highest BCUT2D eigenvalue weighted by Crippen LogP contribution is 2.18. The third-order valence-electron chi connectivity index (χ3n) is 4.24. The fourth-order valence-electron chi connectivity index (χ4n) is 2.79. The number of hydrogen-bond donors (Lipinski definition) is 1. The van der Waals surface area contributed by atoms with Gasteiger partial charge in [-0.25, -0.2) is 0 Å². The van der Waals surface area contributed by atoms with Crippen molar-refractivity contribution in [2.75, 3.05) is 12.8 Å². The molecule has 2 rings (SSSR count). The Morgan fingerprint density at radius 1 is 1.07 bits per heavy atom. The van der Waals surface area contributed by atoms with E-state index in [1.165, 1.54) is 5.56 Å². The summed E-state index contributed by atoms with van der Waals surface area (Å²) in [5, 5.41) is 2.68. The molecule has 0 bridgehead atoms. The van der Waals surface area contributed by atoms with Crippen LogP contribution in [0.4, 0.5) is 0 Å². The topological polar surface area (TPSA) is 49.4 Å². The molecular weight excluding hydrogens is 424 g/mol. The first-order valence-corrected chi connectivity index (χ1v) is 10.9. The predicted octanol–water partition coefficient (Wildman–Crippen LogP) is 4.24.